The number of esters is 1. The molecule has 0 aliphatic carbocycles. The van der Waals surface area contributed by atoms with Crippen molar-refractivity contribution in [3.63, 3.8) is 0 Å². The first-order valence-corrected chi connectivity index (χ1v) is 7.86. The van der Waals surface area contributed by atoms with Gasteiger partial charge in [-0.25, -0.2) is 4.79 Å². The maximum Gasteiger partial charge on any atom is 0.354 e. The molecule has 0 aliphatic rings. The number of carbonyl (C=O) groups excluding carboxylic acids is 2. The fourth-order valence-corrected chi connectivity index (χ4v) is 2.19. The number of ether oxygens (including phenoxy) is 2. The van der Waals surface area contributed by atoms with Gasteiger partial charge in [0.15, 0.2) is 5.78 Å². The maximum absolute atomic E-state index is 12.2. The summed E-state index contributed by atoms with van der Waals surface area (Å²) in [6, 6.07) is 10.8. The van der Waals surface area contributed by atoms with Crippen LogP contribution in [0.15, 0.2) is 49.1 Å². The van der Waals surface area contributed by atoms with Crippen molar-refractivity contribution >= 4 is 11.8 Å². The van der Waals surface area contributed by atoms with Gasteiger partial charge in [0.1, 0.15) is 18.1 Å². The van der Waals surface area contributed by atoms with Crippen molar-refractivity contribution in [2.24, 2.45) is 0 Å². The lowest BCUT2D eigenvalue weighted by atomic mass is 10.1. The van der Waals surface area contributed by atoms with Crippen LogP contribution in [0, 0.1) is 0 Å². The minimum Gasteiger partial charge on any atom is -0.490 e. The second-order valence-corrected chi connectivity index (χ2v) is 5.17. The van der Waals surface area contributed by atoms with Crippen LogP contribution in [0.1, 0.15) is 39.9 Å². The molecule has 0 bridgehead atoms. The molecule has 0 radical (unpaired) electrons. The number of ketones is 1. The molecule has 0 amide bonds. The highest BCUT2D eigenvalue weighted by molar-refractivity contribution is 5.97. The summed E-state index contributed by atoms with van der Waals surface area (Å²) in [5.41, 5.74) is 1.76. The molecule has 1 N–H and O–H groups in total. The van der Waals surface area contributed by atoms with Crippen LogP contribution in [0.2, 0.25) is 0 Å². The van der Waals surface area contributed by atoms with E-state index in [9.17, 15) is 9.59 Å². The Morgan fingerprint density at radius 2 is 1.83 bits per heavy atom. The summed E-state index contributed by atoms with van der Waals surface area (Å²) in [7, 11) is 0. The molecule has 126 valence electrons. The minimum absolute atomic E-state index is 0.0440. The van der Waals surface area contributed by atoms with Crippen LogP contribution in [0.4, 0.5) is 0 Å². The Labute approximate surface area is 141 Å². The van der Waals surface area contributed by atoms with Gasteiger partial charge in [0, 0.05) is 6.42 Å². The van der Waals surface area contributed by atoms with Gasteiger partial charge >= 0.3 is 5.97 Å². The molecule has 1 heterocycles. The van der Waals surface area contributed by atoms with Gasteiger partial charge in [-0.15, -0.1) is 0 Å². The Morgan fingerprint density at radius 3 is 2.50 bits per heavy atom. The Morgan fingerprint density at radius 1 is 1.12 bits per heavy atom. The molecule has 1 aromatic heterocycles. The number of aromatic nitrogens is 1. The molecule has 0 aliphatic heterocycles. The summed E-state index contributed by atoms with van der Waals surface area (Å²) in [4.78, 5) is 26.6. The summed E-state index contributed by atoms with van der Waals surface area (Å²) < 4.78 is 10.3. The third kappa shape index (κ3) is 4.84. The van der Waals surface area contributed by atoms with Gasteiger partial charge in [-0.3, -0.25) is 4.79 Å². The quantitative estimate of drug-likeness (QED) is 0.434. The van der Waals surface area contributed by atoms with Gasteiger partial charge in [0.05, 0.1) is 12.3 Å². The van der Waals surface area contributed by atoms with Crippen LogP contribution in [0.5, 0.6) is 5.75 Å². The Balaban J connectivity index is 1.88. The maximum atomic E-state index is 12.2. The number of carbonyl (C=O) groups is 2. The van der Waals surface area contributed by atoms with Crippen molar-refractivity contribution in [2.45, 2.75) is 19.8 Å². The molecule has 5 nitrogen and oxygen atoms in total. The highest BCUT2D eigenvalue weighted by atomic mass is 16.5. The molecule has 2 rings (SSSR count). The van der Waals surface area contributed by atoms with Gasteiger partial charge in [-0.2, -0.15) is 0 Å². The molecule has 1 aromatic carbocycles. The van der Waals surface area contributed by atoms with Gasteiger partial charge in [0.25, 0.3) is 0 Å². The van der Waals surface area contributed by atoms with Crippen LogP contribution in [-0.2, 0) is 11.2 Å². The molecule has 0 spiro atoms. The van der Waals surface area contributed by atoms with E-state index in [1.54, 1.807) is 25.1 Å². The number of rotatable bonds is 9. The van der Waals surface area contributed by atoms with Crippen LogP contribution < -0.4 is 4.74 Å². The summed E-state index contributed by atoms with van der Waals surface area (Å²) in [5.74, 6) is 0.276. The molecule has 24 heavy (non-hydrogen) atoms. The number of aryl methyl sites for hydroxylation is 1. The fourth-order valence-electron chi connectivity index (χ4n) is 2.19. The molecule has 0 saturated heterocycles. The van der Waals surface area contributed by atoms with Crippen LogP contribution in [0.3, 0.4) is 0 Å². The van der Waals surface area contributed by atoms with Crippen LogP contribution >= 0.6 is 0 Å². The summed E-state index contributed by atoms with van der Waals surface area (Å²) in [5, 5.41) is 0. The molecule has 5 heteroatoms. The normalized spacial score (nSPS) is 10.2. The van der Waals surface area contributed by atoms with Crippen molar-refractivity contribution in [2.75, 3.05) is 13.2 Å². The van der Waals surface area contributed by atoms with E-state index in [-0.39, 0.29) is 5.78 Å². The second-order valence-electron chi connectivity index (χ2n) is 5.17. The highest BCUT2D eigenvalue weighted by Gasteiger charge is 2.13. The van der Waals surface area contributed by atoms with Crippen molar-refractivity contribution in [3.05, 3.63) is 66.0 Å². The first-order chi connectivity index (χ1) is 11.6. The number of Topliss-reactive ketones (excluding diaryl/α,β-unsaturated/α-hetero) is 1. The lowest BCUT2D eigenvalue weighted by molar-refractivity contribution is 0.0520. The average molecular weight is 327 g/mol. The van der Waals surface area contributed by atoms with E-state index < -0.39 is 5.97 Å². The van der Waals surface area contributed by atoms with E-state index >= 15 is 0 Å². The molecule has 2 aromatic rings. The largest absolute Gasteiger partial charge is 0.490 e. The fraction of sp³-hybridized carbons (Fsp3) is 0.263. The number of hydrogen-bond acceptors (Lipinski definition) is 4. The molecule has 0 fully saturated rings. The van der Waals surface area contributed by atoms with Gasteiger partial charge < -0.3 is 14.5 Å². The number of hydrogen-bond donors (Lipinski definition) is 1. The Hall–Kier alpha value is -2.82. The zero-order valence-corrected chi connectivity index (χ0v) is 13.7. The van der Waals surface area contributed by atoms with E-state index in [0.29, 0.717) is 37.4 Å². The van der Waals surface area contributed by atoms with E-state index in [0.717, 1.165) is 11.3 Å². The zero-order valence-electron chi connectivity index (χ0n) is 13.7. The number of nitrogens with one attached hydrogen (secondary N) is 1. The minimum atomic E-state index is -0.452. The highest BCUT2D eigenvalue weighted by Crippen LogP contribution is 2.15. The SMILES string of the molecule is C=CCOc1ccc(CCC(=O)c2ccc(C(=O)OCC)[nH]2)cc1. The molecular formula is C19H21NO4. The smallest absolute Gasteiger partial charge is 0.354 e. The molecule has 0 saturated carbocycles. The van der Waals surface area contributed by atoms with Crippen molar-refractivity contribution in [1.29, 1.82) is 0 Å². The third-order valence-electron chi connectivity index (χ3n) is 3.41. The lowest BCUT2D eigenvalue weighted by Gasteiger charge is -2.05. The summed E-state index contributed by atoms with van der Waals surface area (Å²) in [6.45, 7) is 6.10. The average Bonchev–Trinajstić information content (AvgIpc) is 3.09. The van der Waals surface area contributed by atoms with Crippen molar-refractivity contribution in [1.82, 2.24) is 4.98 Å². The van der Waals surface area contributed by atoms with Gasteiger partial charge in [-0.1, -0.05) is 24.8 Å². The van der Waals surface area contributed by atoms with Crippen LogP contribution in [-0.4, -0.2) is 30.0 Å². The summed E-state index contributed by atoms with van der Waals surface area (Å²) in [6.07, 6.45) is 2.66. The van der Waals surface area contributed by atoms with E-state index in [2.05, 4.69) is 11.6 Å². The summed E-state index contributed by atoms with van der Waals surface area (Å²) >= 11 is 0. The predicted molar refractivity (Wildman–Crippen MR) is 91.5 cm³/mol. The number of H-pyrrole nitrogens is 1. The Bertz CT molecular complexity index is 700. The lowest BCUT2D eigenvalue weighted by Crippen LogP contribution is -2.07. The van der Waals surface area contributed by atoms with E-state index in [1.807, 2.05) is 24.3 Å². The first kappa shape index (κ1) is 17.5. The number of aromatic amines is 1. The molecule has 0 unspecified atom stereocenters. The predicted octanol–water partition coefficient (Wildman–Crippen LogP) is 3.57. The van der Waals surface area contributed by atoms with Crippen molar-refractivity contribution < 1.29 is 19.1 Å². The zero-order chi connectivity index (χ0) is 17.4. The van der Waals surface area contributed by atoms with Crippen LogP contribution in [0.25, 0.3) is 0 Å². The van der Waals surface area contributed by atoms with E-state index in [4.69, 9.17) is 9.47 Å². The molecular weight excluding hydrogens is 306 g/mol. The monoisotopic (exact) mass is 327 g/mol. The third-order valence-corrected chi connectivity index (χ3v) is 3.41. The second kappa shape index (κ2) is 8.72. The van der Waals surface area contributed by atoms with Gasteiger partial charge in [-0.05, 0) is 43.2 Å². The van der Waals surface area contributed by atoms with E-state index in [1.165, 1.54) is 0 Å². The Kier molecular flexibility index (Phi) is 6.37. The number of benzene rings is 1. The standard InChI is InChI=1S/C19H21NO4/c1-3-13-24-15-8-5-14(6-9-15)7-12-18(21)16-10-11-17(20-16)19(22)23-4-2/h3,5-6,8-11,20H,1,4,7,12-13H2,2H3. The molecule has 0 atom stereocenters. The topological polar surface area (TPSA) is 68.4 Å². The first-order valence-electron chi connectivity index (χ1n) is 7.86. The van der Waals surface area contributed by atoms with Crippen molar-refractivity contribution in [3.8, 4) is 5.75 Å². The van der Waals surface area contributed by atoms with Gasteiger partial charge in [0.2, 0.25) is 0 Å².